The number of nitrogens with zero attached hydrogens (tertiary/aromatic N) is 1. The van der Waals surface area contributed by atoms with Crippen LogP contribution >= 0.6 is 0 Å². The molecule has 3 nitrogen and oxygen atoms in total. The van der Waals surface area contributed by atoms with Crippen LogP contribution in [0.2, 0.25) is 0 Å². The average Bonchev–Trinajstić information content (AvgIpc) is 2.52. The van der Waals surface area contributed by atoms with Crippen molar-refractivity contribution < 1.29 is 4.79 Å². The molecule has 1 rings (SSSR count). The number of rotatable bonds is 10. The summed E-state index contributed by atoms with van der Waals surface area (Å²) in [7, 11) is 0. The van der Waals surface area contributed by atoms with E-state index in [1.165, 1.54) is 0 Å². The van der Waals surface area contributed by atoms with E-state index in [1.807, 2.05) is 29.2 Å². The fraction of sp³-hybridized carbons (Fsp3) is 0.611. The van der Waals surface area contributed by atoms with Gasteiger partial charge in [0.2, 0.25) is 0 Å². The number of carbonyl (C=O) groups excluding carboxylic acids is 1. The maximum atomic E-state index is 12.8. The van der Waals surface area contributed by atoms with Crippen molar-refractivity contribution in [3.63, 3.8) is 0 Å². The Balaban J connectivity index is 2.85. The molecule has 0 atom stereocenters. The van der Waals surface area contributed by atoms with Gasteiger partial charge in [0.1, 0.15) is 0 Å². The molecular formula is C18H30N2O. The first-order valence-electron chi connectivity index (χ1n) is 8.36. The van der Waals surface area contributed by atoms with E-state index in [4.69, 9.17) is 0 Å². The third-order valence-corrected chi connectivity index (χ3v) is 3.57. The van der Waals surface area contributed by atoms with Crippen molar-refractivity contribution in [3.05, 3.63) is 29.8 Å². The SMILES string of the molecule is CCCCN(CCCC)C(=O)c1ccccc1NCCC. The van der Waals surface area contributed by atoms with Crippen molar-refractivity contribution in [3.8, 4) is 0 Å². The highest BCUT2D eigenvalue weighted by molar-refractivity contribution is 5.99. The van der Waals surface area contributed by atoms with Crippen molar-refractivity contribution in [2.75, 3.05) is 25.0 Å². The summed E-state index contributed by atoms with van der Waals surface area (Å²) < 4.78 is 0. The summed E-state index contributed by atoms with van der Waals surface area (Å²) in [4.78, 5) is 14.8. The van der Waals surface area contributed by atoms with Crippen LogP contribution in [-0.2, 0) is 0 Å². The Labute approximate surface area is 129 Å². The molecule has 21 heavy (non-hydrogen) atoms. The molecule has 0 spiro atoms. The van der Waals surface area contributed by atoms with E-state index >= 15 is 0 Å². The third-order valence-electron chi connectivity index (χ3n) is 3.57. The summed E-state index contributed by atoms with van der Waals surface area (Å²) in [5, 5.41) is 3.36. The van der Waals surface area contributed by atoms with Gasteiger partial charge in [-0.25, -0.2) is 0 Å². The van der Waals surface area contributed by atoms with E-state index in [0.29, 0.717) is 0 Å². The number of unbranched alkanes of at least 4 members (excludes halogenated alkanes) is 2. The molecular weight excluding hydrogens is 260 g/mol. The van der Waals surface area contributed by atoms with Crippen LogP contribution in [0, 0.1) is 0 Å². The number of hydrogen-bond acceptors (Lipinski definition) is 2. The van der Waals surface area contributed by atoms with Crippen molar-refractivity contribution in [2.24, 2.45) is 0 Å². The van der Waals surface area contributed by atoms with Crippen molar-refractivity contribution in [1.82, 2.24) is 4.90 Å². The van der Waals surface area contributed by atoms with Gasteiger partial charge in [-0.3, -0.25) is 4.79 Å². The molecule has 0 aliphatic rings. The van der Waals surface area contributed by atoms with Crippen molar-refractivity contribution in [2.45, 2.75) is 52.9 Å². The maximum Gasteiger partial charge on any atom is 0.255 e. The van der Waals surface area contributed by atoms with E-state index in [0.717, 1.165) is 63.0 Å². The van der Waals surface area contributed by atoms with Gasteiger partial charge in [0.25, 0.3) is 5.91 Å². The third kappa shape index (κ3) is 5.78. The van der Waals surface area contributed by atoms with Crippen LogP contribution < -0.4 is 5.32 Å². The van der Waals surface area contributed by atoms with Crippen LogP contribution in [0.1, 0.15) is 63.2 Å². The minimum atomic E-state index is 0.163. The van der Waals surface area contributed by atoms with Crippen molar-refractivity contribution >= 4 is 11.6 Å². The number of hydrogen-bond donors (Lipinski definition) is 1. The van der Waals surface area contributed by atoms with Crippen LogP contribution in [0.4, 0.5) is 5.69 Å². The molecule has 0 unspecified atom stereocenters. The first-order chi connectivity index (χ1) is 10.2. The molecule has 0 saturated heterocycles. The minimum absolute atomic E-state index is 0.163. The number of anilines is 1. The molecule has 1 N–H and O–H groups in total. The van der Waals surface area contributed by atoms with Crippen LogP contribution in [0.3, 0.4) is 0 Å². The molecule has 1 aromatic carbocycles. The summed E-state index contributed by atoms with van der Waals surface area (Å²) in [5.74, 6) is 0.163. The van der Waals surface area contributed by atoms with E-state index in [-0.39, 0.29) is 5.91 Å². The molecule has 0 heterocycles. The summed E-state index contributed by atoms with van der Waals surface area (Å²) in [6.07, 6.45) is 5.43. The summed E-state index contributed by atoms with van der Waals surface area (Å²) in [5.41, 5.74) is 1.76. The van der Waals surface area contributed by atoms with Gasteiger partial charge >= 0.3 is 0 Å². The topological polar surface area (TPSA) is 32.3 Å². The Bertz CT molecular complexity index is 409. The molecule has 0 fully saturated rings. The molecule has 0 saturated carbocycles. The Hall–Kier alpha value is -1.51. The van der Waals surface area contributed by atoms with Gasteiger partial charge < -0.3 is 10.2 Å². The quantitative estimate of drug-likeness (QED) is 0.685. The lowest BCUT2D eigenvalue weighted by molar-refractivity contribution is 0.0752. The number of amides is 1. The zero-order chi connectivity index (χ0) is 15.5. The highest BCUT2D eigenvalue weighted by atomic mass is 16.2. The van der Waals surface area contributed by atoms with Gasteiger partial charge in [0.05, 0.1) is 5.56 Å². The predicted octanol–water partition coefficient (Wildman–Crippen LogP) is 4.55. The number of nitrogens with one attached hydrogen (secondary N) is 1. The van der Waals surface area contributed by atoms with E-state index in [1.54, 1.807) is 0 Å². The second-order valence-electron chi connectivity index (χ2n) is 5.47. The Kier molecular flexibility index (Phi) is 8.56. The maximum absolute atomic E-state index is 12.8. The van der Waals surface area contributed by atoms with Crippen LogP contribution in [-0.4, -0.2) is 30.4 Å². The second-order valence-corrected chi connectivity index (χ2v) is 5.47. The molecule has 0 aliphatic heterocycles. The van der Waals surface area contributed by atoms with Gasteiger partial charge in [-0.1, -0.05) is 45.7 Å². The summed E-state index contributed by atoms with van der Waals surface area (Å²) in [6.45, 7) is 9.08. The fourth-order valence-corrected chi connectivity index (χ4v) is 2.27. The Morgan fingerprint density at radius 1 is 1.00 bits per heavy atom. The van der Waals surface area contributed by atoms with Crippen molar-refractivity contribution in [1.29, 1.82) is 0 Å². The lowest BCUT2D eigenvalue weighted by Crippen LogP contribution is -2.33. The zero-order valence-corrected chi connectivity index (χ0v) is 13.8. The fourth-order valence-electron chi connectivity index (χ4n) is 2.27. The number of carbonyl (C=O) groups is 1. The van der Waals surface area contributed by atoms with E-state index in [9.17, 15) is 4.79 Å². The zero-order valence-electron chi connectivity index (χ0n) is 13.8. The number of para-hydroxylation sites is 1. The lowest BCUT2D eigenvalue weighted by Gasteiger charge is -2.24. The average molecular weight is 290 g/mol. The molecule has 0 radical (unpaired) electrons. The van der Waals surface area contributed by atoms with E-state index in [2.05, 4.69) is 26.1 Å². The molecule has 0 bridgehead atoms. The molecule has 118 valence electrons. The standard InChI is InChI=1S/C18H30N2O/c1-4-7-14-20(15-8-5-2)18(21)16-11-9-10-12-17(16)19-13-6-3/h9-12,19H,4-8,13-15H2,1-3H3. The Morgan fingerprint density at radius 2 is 1.62 bits per heavy atom. The summed E-state index contributed by atoms with van der Waals surface area (Å²) in [6, 6.07) is 7.87. The van der Waals surface area contributed by atoms with Gasteiger partial charge in [-0.2, -0.15) is 0 Å². The van der Waals surface area contributed by atoms with Gasteiger partial charge in [-0.05, 0) is 31.4 Å². The van der Waals surface area contributed by atoms with Gasteiger partial charge in [0, 0.05) is 25.3 Å². The molecule has 3 heteroatoms. The summed E-state index contributed by atoms with van der Waals surface area (Å²) >= 11 is 0. The predicted molar refractivity (Wildman–Crippen MR) is 90.9 cm³/mol. The molecule has 1 amide bonds. The van der Waals surface area contributed by atoms with Crippen LogP contribution in [0.25, 0.3) is 0 Å². The second kappa shape index (κ2) is 10.3. The minimum Gasteiger partial charge on any atom is -0.384 e. The van der Waals surface area contributed by atoms with Gasteiger partial charge in [-0.15, -0.1) is 0 Å². The smallest absolute Gasteiger partial charge is 0.255 e. The molecule has 1 aromatic rings. The van der Waals surface area contributed by atoms with Crippen LogP contribution in [0.15, 0.2) is 24.3 Å². The highest BCUT2D eigenvalue weighted by Gasteiger charge is 2.17. The highest BCUT2D eigenvalue weighted by Crippen LogP contribution is 2.18. The van der Waals surface area contributed by atoms with Gasteiger partial charge in [0.15, 0.2) is 0 Å². The number of benzene rings is 1. The normalized spacial score (nSPS) is 10.4. The molecule has 0 aromatic heterocycles. The Morgan fingerprint density at radius 3 is 2.19 bits per heavy atom. The van der Waals surface area contributed by atoms with Crippen LogP contribution in [0.5, 0.6) is 0 Å². The first-order valence-corrected chi connectivity index (χ1v) is 8.36. The largest absolute Gasteiger partial charge is 0.384 e. The monoisotopic (exact) mass is 290 g/mol. The lowest BCUT2D eigenvalue weighted by atomic mass is 10.1. The molecule has 0 aliphatic carbocycles. The first kappa shape index (κ1) is 17.5. The van der Waals surface area contributed by atoms with E-state index < -0.39 is 0 Å².